The minimum atomic E-state index is -0.995. The van der Waals surface area contributed by atoms with Crippen LogP contribution in [0.1, 0.15) is 49.9 Å². The maximum Gasteiger partial charge on any atom is 0.407 e. The zero-order chi connectivity index (χ0) is 42.2. The lowest BCUT2D eigenvalue weighted by Crippen LogP contribution is -2.54. The molecule has 0 radical (unpaired) electrons. The summed E-state index contributed by atoms with van der Waals surface area (Å²) in [5.41, 5.74) is 2.60. The first-order chi connectivity index (χ1) is 28.0. The van der Waals surface area contributed by atoms with E-state index in [0.29, 0.717) is 60.3 Å². The molecule has 1 aliphatic rings. The summed E-state index contributed by atoms with van der Waals surface area (Å²) in [5, 5.41) is 5.02. The van der Waals surface area contributed by atoms with Gasteiger partial charge in [-0.3, -0.25) is 24.1 Å². The molecule has 58 heavy (non-hydrogen) atoms. The van der Waals surface area contributed by atoms with Gasteiger partial charge in [0, 0.05) is 18.8 Å². The van der Waals surface area contributed by atoms with Crippen molar-refractivity contribution in [2.45, 2.75) is 45.8 Å². The van der Waals surface area contributed by atoms with Crippen LogP contribution in [0.4, 0.5) is 21.1 Å². The molecule has 18 heteroatoms. The Hall–Kier alpha value is -7.16. The molecular formula is C40H48N10O8. The predicted octanol–water partition coefficient (Wildman–Crippen LogP) is 3.36. The third-order valence-corrected chi connectivity index (χ3v) is 8.94. The second kappa shape index (κ2) is 21.2. The van der Waals surface area contributed by atoms with Crippen molar-refractivity contribution >= 4 is 47.3 Å². The molecule has 1 saturated heterocycles. The Balaban J connectivity index is 0.00000366. The number of carbonyl (C=O) groups is 6. The molecule has 1 aliphatic heterocycles. The number of nitrogens with zero attached hydrogens (tertiary/aromatic N) is 6. The van der Waals surface area contributed by atoms with Crippen LogP contribution in [0.15, 0.2) is 67.0 Å². The smallest absolute Gasteiger partial charge is 0.407 e. The second-order valence-electron chi connectivity index (χ2n) is 12.9. The highest BCUT2D eigenvalue weighted by Gasteiger charge is 2.33. The van der Waals surface area contributed by atoms with E-state index in [1.54, 1.807) is 64.5 Å². The van der Waals surface area contributed by atoms with Gasteiger partial charge in [0.2, 0.25) is 23.6 Å². The van der Waals surface area contributed by atoms with E-state index >= 15 is 0 Å². The minimum absolute atomic E-state index is 0.0643. The average molecular weight is 797 g/mol. The predicted molar refractivity (Wildman–Crippen MR) is 214 cm³/mol. The van der Waals surface area contributed by atoms with Crippen LogP contribution in [0.5, 0.6) is 0 Å². The van der Waals surface area contributed by atoms with Crippen LogP contribution in [0.25, 0.3) is 11.3 Å². The monoisotopic (exact) mass is 796 g/mol. The van der Waals surface area contributed by atoms with E-state index in [9.17, 15) is 28.8 Å². The Bertz CT molecular complexity index is 2050. The normalized spacial score (nSPS) is 12.8. The van der Waals surface area contributed by atoms with Crippen LogP contribution >= 0.6 is 0 Å². The molecule has 1 atom stereocenters. The number of carbonyl (C=O) groups excluding carboxylic acids is 6. The molecule has 306 valence electrons. The van der Waals surface area contributed by atoms with Gasteiger partial charge in [-0.15, -0.1) is 12.8 Å². The van der Waals surface area contributed by atoms with Gasteiger partial charge < -0.3 is 44.8 Å². The SMILES string of the molecule is C#C.CCCN(Cc1ncc(-c2ccc(N3CC(=O)N(c4cnc(CN(CCC)C(=O)[C@H](NC(=O)OC)c5ccccc5)[nH]4)CC3=O)cc2)[nH]1)C(=O)CNC(=O)OC. The molecule has 0 bridgehead atoms. The summed E-state index contributed by atoms with van der Waals surface area (Å²) in [6.45, 7) is 4.35. The Labute approximate surface area is 336 Å². The molecule has 2 aromatic carbocycles. The lowest BCUT2D eigenvalue weighted by Gasteiger charge is -2.33. The summed E-state index contributed by atoms with van der Waals surface area (Å²) >= 11 is 0. The molecule has 4 N–H and O–H groups in total. The molecule has 6 amide bonds. The van der Waals surface area contributed by atoms with Gasteiger partial charge in [-0.05, 0) is 36.1 Å². The highest BCUT2D eigenvalue weighted by Crippen LogP contribution is 2.26. The van der Waals surface area contributed by atoms with E-state index in [2.05, 4.69) is 48.2 Å². The van der Waals surface area contributed by atoms with Crippen molar-refractivity contribution in [2.24, 2.45) is 0 Å². The molecule has 0 aliphatic carbocycles. The number of hydrogen-bond donors (Lipinski definition) is 4. The van der Waals surface area contributed by atoms with Crippen molar-refractivity contribution in [1.82, 2.24) is 40.4 Å². The molecule has 3 heterocycles. The first-order valence-corrected chi connectivity index (χ1v) is 18.4. The summed E-state index contributed by atoms with van der Waals surface area (Å²) < 4.78 is 9.30. The largest absolute Gasteiger partial charge is 0.453 e. The van der Waals surface area contributed by atoms with Gasteiger partial charge in [0.05, 0.1) is 45.4 Å². The molecule has 0 spiro atoms. The van der Waals surface area contributed by atoms with Crippen LogP contribution in [0, 0.1) is 12.8 Å². The highest BCUT2D eigenvalue weighted by molar-refractivity contribution is 6.12. The summed E-state index contributed by atoms with van der Waals surface area (Å²) in [6.07, 6.45) is 11.0. The Morgan fingerprint density at radius 1 is 0.793 bits per heavy atom. The Morgan fingerprint density at radius 3 is 2.03 bits per heavy atom. The number of benzene rings is 2. The van der Waals surface area contributed by atoms with Crippen LogP contribution < -0.4 is 20.4 Å². The van der Waals surface area contributed by atoms with Crippen molar-refractivity contribution in [3.63, 3.8) is 0 Å². The maximum atomic E-state index is 13.8. The molecule has 0 saturated carbocycles. The van der Waals surface area contributed by atoms with Gasteiger partial charge >= 0.3 is 12.2 Å². The van der Waals surface area contributed by atoms with Gasteiger partial charge in [0.1, 0.15) is 43.1 Å². The third kappa shape index (κ3) is 11.2. The fraction of sp³-hybridized carbons (Fsp3) is 0.350. The standard InChI is InChI=1S/C38H46N10O8.C2H2/c1-5-16-45(32(49)20-41-37(53)55-3)21-29-39-18-28(42-29)25-12-14-27(15-13-25)47-23-34(51)48(24-33(47)50)31-19-40-30(43-31)22-46(17-6-2)36(52)35(44-38(54)56-4)26-10-8-7-9-11-26;1-2/h7-15,18-19,35H,5-6,16-17,20-24H2,1-4H3,(H,39,42)(H,40,43)(H,41,53)(H,44,54);1-2H/t35-;/m1./s1. The Morgan fingerprint density at radius 2 is 1.38 bits per heavy atom. The number of methoxy groups -OCH3 is 2. The zero-order valence-electron chi connectivity index (χ0n) is 32.9. The van der Waals surface area contributed by atoms with Crippen molar-refractivity contribution in [2.75, 3.05) is 56.7 Å². The number of H-pyrrole nitrogens is 2. The number of alkyl carbamates (subject to hydrolysis) is 2. The first-order valence-electron chi connectivity index (χ1n) is 18.4. The van der Waals surface area contributed by atoms with E-state index in [1.807, 2.05) is 19.9 Å². The van der Waals surface area contributed by atoms with Crippen LogP contribution in [-0.4, -0.2) is 112 Å². The molecule has 18 nitrogen and oxygen atoms in total. The highest BCUT2D eigenvalue weighted by atomic mass is 16.5. The number of anilines is 2. The topological polar surface area (TPSA) is 215 Å². The van der Waals surface area contributed by atoms with Crippen molar-refractivity contribution < 1.29 is 38.2 Å². The van der Waals surface area contributed by atoms with Crippen LogP contribution in [0.2, 0.25) is 0 Å². The van der Waals surface area contributed by atoms with Gasteiger partial charge in [-0.25, -0.2) is 19.6 Å². The first kappa shape index (κ1) is 43.6. The number of ether oxygens (including phenoxy) is 2. The summed E-state index contributed by atoms with van der Waals surface area (Å²) in [5.74, 6) is -0.00615. The summed E-state index contributed by atoms with van der Waals surface area (Å²) in [7, 11) is 2.45. The number of hydrogen-bond acceptors (Lipinski definition) is 10. The van der Waals surface area contributed by atoms with Crippen LogP contribution in [0.3, 0.4) is 0 Å². The molecule has 5 rings (SSSR count). The number of aromatic amines is 2. The number of aromatic nitrogens is 4. The fourth-order valence-electron chi connectivity index (χ4n) is 6.14. The number of nitrogens with one attached hydrogen (secondary N) is 4. The maximum absolute atomic E-state index is 13.8. The number of piperazine rings is 1. The number of rotatable bonds is 16. The van der Waals surface area contributed by atoms with Gasteiger partial charge in [-0.2, -0.15) is 0 Å². The number of terminal acetylenes is 1. The fourth-order valence-corrected chi connectivity index (χ4v) is 6.14. The third-order valence-electron chi connectivity index (χ3n) is 8.94. The van der Waals surface area contributed by atoms with Crippen molar-refractivity contribution in [3.8, 4) is 24.1 Å². The van der Waals surface area contributed by atoms with E-state index in [1.165, 1.54) is 30.2 Å². The van der Waals surface area contributed by atoms with E-state index in [4.69, 9.17) is 4.74 Å². The van der Waals surface area contributed by atoms with Crippen LogP contribution in [-0.2, 0) is 41.7 Å². The molecule has 4 aromatic rings. The van der Waals surface area contributed by atoms with E-state index in [-0.39, 0.29) is 56.4 Å². The van der Waals surface area contributed by atoms with E-state index in [0.717, 1.165) is 5.56 Å². The summed E-state index contributed by atoms with van der Waals surface area (Å²) in [4.78, 5) is 97.8. The zero-order valence-corrected chi connectivity index (χ0v) is 32.9. The van der Waals surface area contributed by atoms with Gasteiger partial charge in [0.25, 0.3) is 0 Å². The molecule has 0 unspecified atom stereocenters. The molecular weight excluding hydrogens is 749 g/mol. The van der Waals surface area contributed by atoms with Gasteiger partial charge in [-0.1, -0.05) is 56.3 Å². The van der Waals surface area contributed by atoms with Crippen molar-refractivity contribution in [3.05, 3.63) is 84.2 Å². The average Bonchev–Trinajstić information content (AvgIpc) is 3.93. The van der Waals surface area contributed by atoms with Crippen molar-refractivity contribution in [1.29, 1.82) is 0 Å². The van der Waals surface area contributed by atoms with E-state index < -0.39 is 18.2 Å². The lowest BCUT2D eigenvalue weighted by molar-refractivity contribution is -0.134. The molecule has 2 aromatic heterocycles. The molecule has 1 fully saturated rings. The number of amides is 6. The lowest BCUT2D eigenvalue weighted by atomic mass is 10.1. The Kier molecular flexibility index (Phi) is 15.9. The number of imidazole rings is 2. The quantitative estimate of drug-likeness (QED) is 0.121. The second-order valence-corrected chi connectivity index (χ2v) is 12.9. The minimum Gasteiger partial charge on any atom is -0.453 e. The summed E-state index contributed by atoms with van der Waals surface area (Å²) in [6, 6.07) is 14.9. The van der Waals surface area contributed by atoms with Gasteiger partial charge in [0.15, 0.2) is 0 Å².